The van der Waals surface area contributed by atoms with Crippen LogP contribution in [-0.4, -0.2) is 31.9 Å². The summed E-state index contributed by atoms with van der Waals surface area (Å²) in [6, 6.07) is 5.47. The van der Waals surface area contributed by atoms with E-state index >= 15 is 0 Å². The number of rotatable bonds is 7. The lowest BCUT2D eigenvalue weighted by Crippen LogP contribution is -2.03. The molecule has 0 aliphatic heterocycles. The molecule has 20 heavy (non-hydrogen) atoms. The van der Waals surface area contributed by atoms with Crippen LogP contribution in [0.15, 0.2) is 18.2 Å². The summed E-state index contributed by atoms with van der Waals surface area (Å²) >= 11 is 11.8. The van der Waals surface area contributed by atoms with Gasteiger partial charge in [-0.25, -0.2) is 0 Å². The van der Waals surface area contributed by atoms with Gasteiger partial charge in [0.2, 0.25) is 0 Å². The smallest absolute Gasteiger partial charge is 0.179 e. The van der Waals surface area contributed by atoms with E-state index in [1.807, 2.05) is 12.1 Å². The van der Waals surface area contributed by atoms with Crippen molar-refractivity contribution in [2.75, 3.05) is 6.61 Å². The van der Waals surface area contributed by atoms with Gasteiger partial charge in [0.25, 0.3) is 0 Å². The molecule has 1 aromatic heterocycles. The minimum Gasteiger partial charge on any atom is -0.396 e. The Morgan fingerprint density at radius 2 is 1.95 bits per heavy atom. The fraction of sp³-hybridized carbons (Fsp3) is 0.462. The first kappa shape index (κ1) is 15.2. The third kappa shape index (κ3) is 4.44. The van der Waals surface area contributed by atoms with Gasteiger partial charge in [-0.2, -0.15) is 4.80 Å². The summed E-state index contributed by atoms with van der Waals surface area (Å²) in [6.45, 7) is 0.946. The Morgan fingerprint density at radius 1 is 1.10 bits per heavy atom. The second-order valence-electron chi connectivity index (χ2n) is 4.51. The third-order valence-corrected chi connectivity index (χ3v) is 3.60. The van der Waals surface area contributed by atoms with Crippen LogP contribution >= 0.6 is 23.2 Å². The summed E-state index contributed by atoms with van der Waals surface area (Å²) in [5, 5.41) is 22.1. The zero-order chi connectivity index (χ0) is 14.4. The number of aliphatic hydroxyl groups is 1. The van der Waals surface area contributed by atoms with Crippen molar-refractivity contribution in [1.29, 1.82) is 0 Å². The number of nitrogens with zero attached hydrogens (tertiary/aromatic N) is 4. The number of aliphatic hydroxyl groups excluding tert-OH is 1. The standard InChI is InChI=1S/C13H16Cl2N4O/c14-11-5-4-10(8-12(11)15)9-13-16-18-19(17-13)6-2-1-3-7-20/h4-5,8,20H,1-3,6-7,9H2. The van der Waals surface area contributed by atoms with Gasteiger partial charge in [-0.3, -0.25) is 0 Å². The molecule has 2 rings (SSSR count). The van der Waals surface area contributed by atoms with Crippen molar-refractivity contribution >= 4 is 23.2 Å². The number of aromatic nitrogens is 4. The molecule has 0 saturated carbocycles. The third-order valence-electron chi connectivity index (χ3n) is 2.86. The summed E-state index contributed by atoms with van der Waals surface area (Å²) in [5.74, 6) is 0.658. The molecule has 1 N–H and O–H groups in total. The van der Waals surface area contributed by atoms with E-state index < -0.39 is 0 Å². The fourth-order valence-corrected chi connectivity index (χ4v) is 2.14. The van der Waals surface area contributed by atoms with Gasteiger partial charge >= 0.3 is 0 Å². The van der Waals surface area contributed by atoms with E-state index in [1.165, 1.54) is 0 Å². The maximum absolute atomic E-state index is 8.70. The normalized spacial score (nSPS) is 10.9. The minimum atomic E-state index is 0.230. The molecular formula is C13H16Cl2N4O. The molecule has 0 aliphatic rings. The highest BCUT2D eigenvalue weighted by molar-refractivity contribution is 6.42. The van der Waals surface area contributed by atoms with Gasteiger partial charge in [-0.15, -0.1) is 10.2 Å². The number of benzene rings is 1. The van der Waals surface area contributed by atoms with Gasteiger partial charge in [0.05, 0.1) is 16.6 Å². The van der Waals surface area contributed by atoms with Gasteiger partial charge in [-0.05, 0) is 42.2 Å². The lowest BCUT2D eigenvalue weighted by atomic mass is 10.1. The number of aryl methyl sites for hydroxylation is 1. The zero-order valence-electron chi connectivity index (χ0n) is 11.0. The van der Waals surface area contributed by atoms with Crippen LogP contribution in [0.1, 0.15) is 30.7 Å². The molecule has 0 spiro atoms. The van der Waals surface area contributed by atoms with Crippen molar-refractivity contribution in [3.8, 4) is 0 Å². The molecular weight excluding hydrogens is 299 g/mol. The van der Waals surface area contributed by atoms with E-state index in [0.717, 1.165) is 24.8 Å². The predicted octanol–water partition coefficient (Wildman–Crippen LogP) is 2.73. The summed E-state index contributed by atoms with van der Waals surface area (Å²) in [6.07, 6.45) is 3.28. The summed E-state index contributed by atoms with van der Waals surface area (Å²) in [7, 11) is 0. The molecule has 7 heteroatoms. The minimum absolute atomic E-state index is 0.230. The van der Waals surface area contributed by atoms with E-state index in [1.54, 1.807) is 10.9 Å². The Balaban J connectivity index is 1.90. The highest BCUT2D eigenvalue weighted by Crippen LogP contribution is 2.23. The van der Waals surface area contributed by atoms with E-state index in [0.29, 0.717) is 28.8 Å². The second-order valence-corrected chi connectivity index (χ2v) is 5.33. The Labute approximate surface area is 127 Å². The molecule has 0 bridgehead atoms. The number of tetrazole rings is 1. The lowest BCUT2D eigenvalue weighted by Gasteiger charge is -2.00. The highest BCUT2D eigenvalue weighted by Gasteiger charge is 2.06. The van der Waals surface area contributed by atoms with Crippen LogP contribution in [0.2, 0.25) is 10.0 Å². The van der Waals surface area contributed by atoms with E-state index in [9.17, 15) is 0 Å². The highest BCUT2D eigenvalue weighted by atomic mass is 35.5. The molecule has 0 atom stereocenters. The monoisotopic (exact) mass is 314 g/mol. The Hall–Kier alpha value is -1.17. The Morgan fingerprint density at radius 3 is 2.70 bits per heavy atom. The molecule has 1 aromatic carbocycles. The van der Waals surface area contributed by atoms with Crippen molar-refractivity contribution in [2.45, 2.75) is 32.2 Å². The van der Waals surface area contributed by atoms with Crippen molar-refractivity contribution in [3.63, 3.8) is 0 Å². The first-order valence-corrected chi connectivity index (χ1v) is 7.26. The van der Waals surface area contributed by atoms with E-state index in [-0.39, 0.29) is 6.61 Å². The van der Waals surface area contributed by atoms with Crippen molar-refractivity contribution < 1.29 is 5.11 Å². The maximum Gasteiger partial charge on any atom is 0.179 e. The van der Waals surface area contributed by atoms with Gasteiger partial charge < -0.3 is 5.11 Å². The fourth-order valence-electron chi connectivity index (χ4n) is 1.82. The average molecular weight is 315 g/mol. The predicted molar refractivity (Wildman–Crippen MR) is 78.0 cm³/mol. The Bertz CT molecular complexity index is 559. The quantitative estimate of drug-likeness (QED) is 0.798. The molecule has 1 heterocycles. The van der Waals surface area contributed by atoms with Crippen LogP contribution in [0.25, 0.3) is 0 Å². The van der Waals surface area contributed by atoms with Crippen LogP contribution < -0.4 is 0 Å². The van der Waals surface area contributed by atoms with Crippen molar-refractivity contribution in [2.24, 2.45) is 0 Å². The van der Waals surface area contributed by atoms with Crippen molar-refractivity contribution in [3.05, 3.63) is 39.6 Å². The van der Waals surface area contributed by atoms with Crippen molar-refractivity contribution in [1.82, 2.24) is 20.2 Å². The molecule has 0 saturated heterocycles. The van der Waals surface area contributed by atoms with E-state index in [2.05, 4.69) is 15.4 Å². The maximum atomic E-state index is 8.70. The lowest BCUT2D eigenvalue weighted by molar-refractivity contribution is 0.280. The SMILES string of the molecule is OCCCCCn1nnc(Cc2ccc(Cl)c(Cl)c2)n1. The molecule has 0 unspecified atom stereocenters. The molecule has 2 aromatic rings. The second kappa shape index (κ2) is 7.57. The molecule has 0 radical (unpaired) electrons. The molecule has 108 valence electrons. The summed E-state index contributed by atoms with van der Waals surface area (Å²) in [4.78, 5) is 1.59. The number of halogens is 2. The van der Waals surface area contributed by atoms with Gasteiger partial charge in [0.15, 0.2) is 5.82 Å². The van der Waals surface area contributed by atoms with Crippen LogP contribution in [0.4, 0.5) is 0 Å². The summed E-state index contributed by atoms with van der Waals surface area (Å²) < 4.78 is 0. The van der Waals surface area contributed by atoms with Gasteiger partial charge in [-0.1, -0.05) is 29.3 Å². The number of hydrogen-bond donors (Lipinski definition) is 1. The van der Waals surface area contributed by atoms with Crippen LogP contribution in [-0.2, 0) is 13.0 Å². The molecule has 0 aliphatic carbocycles. The average Bonchev–Trinajstić information content (AvgIpc) is 2.87. The first-order valence-electron chi connectivity index (χ1n) is 6.50. The Kier molecular flexibility index (Phi) is 5.76. The topological polar surface area (TPSA) is 63.8 Å². The van der Waals surface area contributed by atoms with E-state index in [4.69, 9.17) is 28.3 Å². The largest absolute Gasteiger partial charge is 0.396 e. The van der Waals surface area contributed by atoms with Crippen LogP contribution in [0.3, 0.4) is 0 Å². The molecule has 0 amide bonds. The van der Waals surface area contributed by atoms with Crippen LogP contribution in [0, 0.1) is 0 Å². The number of hydrogen-bond acceptors (Lipinski definition) is 4. The molecule has 0 fully saturated rings. The molecule has 5 nitrogen and oxygen atoms in total. The number of unbranched alkanes of at least 4 members (excludes halogenated alkanes) is 2. The first-order chi connectivity index (χ1) is 9.69. The zero-order valence-corrected chi connectivity index (χ0v) is 12.5. The summed E-state index contributed by atoms with van der Waals surface area (Å²) in [5.41, 5.74) is 0.999. The van der Waals surface area contributed by atoms with Gasteiger partial charge in [0.1, 0.15) is 0 Å². The van der Waals surface area contributed by atoms with Crippen LogP contribution in [0.5, 0.6) is 0 Å². The van der Waals surface area contributed by atoms with Gasteiger partial charge in [0, 0.05) is 13.0 Å².